The van der Waals surface area contributed by atoms with Crippen molar-refractivity contribution in [2.24, 2.45) is 5.92 Å². The highest BCUT2D eigenvalue weighted by molar-refractivity contribution is 5.65. The van der Waals surface area contributed by atoms with Crippen LogP contribution in [0, 0.1) is 11.7 Å². The van der Waals surface area contributed by atoms with E-state index < -0.39 is 0 Å². The highest BCUT2D eigenvalue weighted by Gasteiger charge is 2.34. The molecule has 0 N–H and O–H groups in total. The largest absolute Gasteiger partial charge is 0.368 e. The zero-order chi connectivity index (χ0) is 13.2. The van der Waals surface area contributed by atoms with Gasteiger partial charge >= 0.3 is 0 Å². The summed E-state index contributed by atoms with van der Waals surface area (Å²) in [6.07, 6.45) is 7.74. The number of nitrogens with zero attached hydrogens (tertiary/aromatic N) is 1. The van der Waals surface area contributed by atoms with Crippen LogP contribution in [0.2, 0.25) is 0 Å². The molecule has 0 bridgehead atoms. The van der Waals surface area contributed by atoms with Crippen molar-refractivity contribution in [1.29, 1.82) is 0 Å². The van der Waals surface area contributed by atoms with Crippen molar-refractivity contribution < 1.29 is 9.18 Å². The Balaban J connectivity index is 1.99. The number of hydrogen-bond acceptors (Lipinski definition) is 2. The highest BCUT2D eigenvalue weighted by Crippen LogP contribution is 2.37. The normalized spacial score (nSPS) is 26.9. The smallest absolute Gasteiger partial charge is 0.125 e. The molecule has 3 rings (SSSR count). The summed E-state index contributed by atoms with van der Waals surface area (Å²) in [6.45, 7) is 0.994. The van der Waals surface area contributed by atoms with Crippen LogP contribution in [0.4, 0.5) is 10.1 Å². The summed E-state index contributed by atoms with van der Waals surface area (Å²) < 4.78 is 13.4. The number of rotatable bonds is 1. The monoisotopic (exact) mass is 261 g/mol. The lowest BCUT2D eigenvalue weighted by Crippen LogP contribution is -2.47. The molecule has 2 nitrogen and oxygen atoms in total. The summed E-state index contributed by atoms with van der Waals surface area (Å²) in [4.78, 5) is 13.7. The summed E-state index contributed by atoms with van der Waals surface area (Å²) in [7, 11) is 0. The minimum Gasteiger partial charge on any atom is -0.368 e. The molecule has 2 aliphatic rings. The van der Waals surface area contributed by atoms with Gasteiger partial charge in [-0.1, -0.05) is 19.3 Å². The molecule has 0 radical (unpaired) electrons. The summed E-state index contributed by atoms with van der Waals surface area (Å²) >= 11 is 0. The lowest BCUT2D eigenvalue weighted by atomic mass is 9.82. The maximum absolute atomic E-state index is 13.4. The van der Waals surface area contributed by atoms with E-state index in [4.69, 9.17) is 0 Å². The molecule has 19 heavy (non-hydrogen) atoms. The van der Waals surface area contributed by atoms with Gasteiger partial charge in [-0.15, -0.1) is 0 Å². The average Bonchev–Trinajstić information content (AvgIpc) is 2.38. The molecular formula is C16H20FNO. The molecular weight excluding hydrogens is 241 g/mol. The molecule has 0 spiro atoms. The van der Waals surface area contributed by atoms with E-state index in [-0.39, 0.29) is 11.7 Å². The maximum Gasteiger partial charge on any atom is 0.125 e. The minimum absolute atomic E-state index is 0.0207. The van der Waals surface area contributed by atoms with Crippen LogP contribution in [-0.4, -0.2) is 18.9 Å². The number of carbonyl (C=O) groups is 1. The summed E-state index contributed by atoms with van der Waals surface area (Å²) in [5, 5.41) is 0. The quantitative estimate of drug-likeness (QED) is 0.723. The van der Waals surface area contributed by atoms with Gasteiger partial charge in [0.05, 0.1) is 0 Å². The number of aldehydes is 1. The third-order valence-electron chi connectivity index (χ3n) is 4.52. The predicted octanol–water partition coefficient (Wildman–Crippen LogP) is 3.34. The SMILES string of the molecule is O=C[C@@H]1Cc2cc(F)ccc2N2CCCCCC[C@@H]12. The Morgan fingerprint density at radius 1 is 1.21 bits per heavy atom. The van der Waals surface area contributed by atoms with Crippen LogP contribution in [0.25, 0.3) is 0 Å². The van der Waals surface area contributed by atoms with Gasteiger partial charge in [-0.25, -0.2) is 4.39 Å². The Hall–Kier alpha value is -1.38. The first-order valence-electron chi connectivity index (χ1n) is 7.30. The Labute approximate surface area is 113 Å². The minimum atomic E-state index is -0.200. The van der Waals surface area contributed by atoms with E-state index in [9.17, 15) is 9.18 Å². The molecule has 2 aliphatic heterocycles. The summed E-state index contributed by atoms with van der Waals surface area (Å²) in [6, 6.07) is 5.34. The molecule has 0 amide bonds. The maximum atomic E-state index is 13.4. The molecule has 0 aliphatic carbocycles. The molecule has 1 aromatic carbocycles. The number of carbonyl (C=O) groups excluding carboxylic acids is 1. The topological polar surface area (TPSA) is 20.3 Å². The van der Waals surface area contributed by atoms with Gasteiger partial charge < -0.3 is 9.69 Å². The van der Waals surface area contributed by atoms with Gasteiger partial charge in [0, 0.05) is 24.2 Å². The third kappa shape index (κ3) is 2.38. The second kappa shape index (κ2) is 5.32. The molecule has 0 aromatic heterocycles. The fraction of sp³-hybridized carbons (Fsp3) is 0.562. The van der Waals surface area contributed by atoms with Crippen molar-refractivity contribution in [3.63, 3.8) is 0 Å². The van der Waals surface area contributed by atoms with E-state index >= 15 is 0 Å². The fourth-order valence-corrected chi connectivity index (χ4v) is 3.58. The second-order valence-corrected chi connectivity index (χ2v) is 5.74. The Morgan fingerprint density at radius 3 is 2.89 bits per heavy atom. The predicted molar refractivity (Wildman–Crippen MR) is 73.9 cm³/mol. The van der Waals surface area contributed by atoms with E-state index in [0.29, 0.717) is 12.5 Å². The second-order valence-electron chi connectivity index (χ2n) is 5.74. The summed E-state index contributed by atoms with van der Waals surface area (Å²) in [5.41, 5.74) is 2.14. The number of benzene rings is 1. The van der Waals surface area contributed by atoms with Crippen LogP contribution in [0.1, 0.15) is 37.7 Å². The van der Waals surface area contributed by atoms with Crippen molar-refractivity contribution in [3.8, 4) is 0 Å². The van der Waals surface area contributed by atoms with Crippen LogP contribution < -0.4 is 4.90 Å². The molecule has 1 fully saturated rings. The van der Waals surface area contributed by atoms with Gasteiger partial charge in [-0.2, -0.15) is 0 Å². The number of fused-ring (bicyclic) bond motifs is 3. The molecule has 1 saturated heterocycles. The molecule has 1 aromatic rings. The Kier molecular flexibility index (Phi) is 3.54. The van der Waals surface area contributed by atoms with E-state index in [0.717, 1.165) is 30.5 Å². The van der Waals surface area contributed by atoms with Crippen LogP contribution in [0.15, 0.2) is 18.2 Å². The van der Waals surface area contributed by atoms with Crippen LogP contribution in [-0.2, 0) is 11.2 Å². The fourth-order valence-electron chi connectivity index (χ4n) is 3.58. The van der Waals surface area contributed by atoms with E-state index in [1.54, 1.807) is 6.07 Å². The van der Waals surface area contributed by atoms with Crippen molar-refractivity contribution in [2.75, 3.05) is 11.4 Å². The van der Waals surface area contributed by atoms with E-state index in [2.05, 4.69) is 4.90 Å². The Bertz CT molecular complexity index is 474. The zero-order valence-corrected chi connectivity index (χ0v) is 11.1. The number of anilines is 1. The highest BCUT2D eigenvalue weighted by atomic mass is 19.1. The van der Waals surface area contributed by atoms with Crippen LogP contribution in [0.3, 0.4) is 0 Å². The molecule has 0 saturated carbocycles. The van der Waals surface area contributed by atoms with Gasteiger partial charge in [-0.05, 0) is 43.0 Å². The Morgan fingerprint density at radius 2 is 2.05 bits per heavy atom. The van der Waals surface area contributed by atoms with Crippen LogP contribution in [0.5, 0.6) is 0 Å². The first-order valence-corrected chi connectivity index (χ1v) is 7.30. The average molecular weight is 261 g/mol. The van der Waals surface area contributed by atoms with Crippen molar-refractivity contribution in [2.45, 2.75) is 44.6 Å². The molecule has 3 heteroatoms. The van der Waals surface area contributed by atoms with E-state index in [1.807, 2.05) is 6.07 Å². The van der Waals surface area contributed by atoms with E-state index in [1.165, 1.54) is 31.7 Å². The molecule has 2 heterocycles. The number of hydrogen-bond donors (Lipinski definition) is 0. The zero-order valence-electron chi connectivity index (χ0n) is 11.1. The molecule has 0 unspecified atom stereocenters. The van der Waals surface area contributed by atoms with Crippen molar-refractivity contribution in [1.82, 2.24) is 0 Å². The summed E-state index contributed by atoms with van der Waals surface area (Å²) in [5.74, 6) is -0.179. The van der Waals surface area contributed by atoms with Gasteiger partial charge in [0.15, 0.2) is 0 Å². The van der Waals surface area contributed by atoms with Crippen LogP contribution >= 0.6 is 0 Å². The molecule has 2 atom stereocenters. The van der Waals surface area contributed by atoms with Crippen molar-refractivity contribution >= 4 is 12.0 Å². The first-order chi connectivity index (χ1) is 9.29. The lowest BCUT2D eigenvalue weighted by molar-refractivity contribution is -0.111. The van der Waals surface area contributed by atoms with Gasteiger partial charge in [0.1, 0.15) is 12.1 Å². The lowest BCUT2D eigenvalue weighted by Gasteiger charge is -2.43. The van der Waals surface area contributed by atoms with Gasteiger partial charge in [-0.3, -0.25) is 0 Å². The van der Waals surface area contributed by atoms with Crippen molar-refractivity contribution in [3.05, 3.63) is 29.6 Å². The number of halogens is 1. The molecule has 102 valence electrons. The third-order valence-corrected chi connectivity index (χ3v) is 4.52. The first kappa shape index (κ1) is 12.6. The standard InChI is InChI=1S/C16H20FNO/c17-14-6-7-16-12(10-14)9-13(11-19)15-5-3-1-2-4-8-18(15)16/h6-7,10-11,13,15H,1-5,8-9H2/t13-,15-/m0/s1. The van der Waals surface area contributed by atoms with Gasteiger partial charge in [0.2, 0.25) is 0 Å². The van der Waals surface area contributed by atoms with Gasteiger partial charge in [0.25, 0.3) is 0 Å².